The van der Waals surface area contributed by atoms with E-state index in [2.05, 4.69) is 43.0 Å². The highest BCUT2D eigenvalue weighted by Crippen LogP contribution is 2.20. The lowest BCUT2D eigenvalue weighted by Crippen LogP contribution is -2.38. The molecule has 0 radical (unpaired) electrons. The second-order valence-corrected chi connectivity index (χ2v) is 5.39. The molecule has 7 heteroatoms. The smallest absolute Gasteiger partial charge is 0.191 e. The van der Waals surface area contributed by atoms with Crippen molar-refractivity contribution in [3.8, 4) is 0 Å². The highest BCUT2D eigenvalue weighted by atomic mass is 127. The fourth-order valence-corrected chi connectivity index (χ4v) is 2.33. The van der Waals surface area contributed by atoms with Crippen LogP contribution in [-0.4, -0.2) is 33.3 Å². The summed E-state index contributed by atoms with van der Waals surface area (Å²) in [5.41, 5.74) is 1.24. The summed E-state index contributed by atoms with van der Waals surface area (Å²) in [6.07, 6.45) is 0. The van der Waals surface area contributed by atoms with Gasteiger partial charge in [0.05, 0.1) is 10.4 Å². The molecule has 0 aliphatic rings. The van der Waals surface area contributed by atoms with E-state index in [9.17, 15) is 0 Å². The molecule has 0 aliphatic heterocycles. The number of ether oxygens (including phenoxy) is 1. The molecular weight excluding hydrogens is 417 g/mol. The summed E-state index contributed by atoms with van der Waals surface area (Å²) in [6, 6.07) is 2.10. The first-order chi connectivity index (χ1) is 7.76. The average Bonchev–Trinajstić information content (AvgIpc) is 2.69. The van der Waals surface area contributed by atoms with Gasteiger partial charge >= 0.3 is 0 Å². The van der Waals surface area contributed by atoms with Gasteiger partial charge in [0.1, 0.15) is 0 Å². The molecule has 0 spiro atoms. The van der Waals surface area contributed by atoms with E-state index >= 15 is 0 Å². The monoisotopic (exact) mass is 433 g/mol. The molecule has 0 bridgehead atoms. The Hall–Kier alpha value is 0.140. The standard InChI is InChI=1S/C10H16BrN3OS.HI/c1-12-10(13-3-4-15-2)14-6-8-5-9(11)16-7-8;/h5,7H,3-4,6H2,1-2H3,(H2,12,13,14);1H. The van der Waals surface area contributed by atoms with Crippen molar-refractivity contribution in [1.29, 1.82) is 0 Å². The SMILES string of the molecule is CN=C(NCCOC)NCc1csc(Br)c1.I. The van der Waals surface area contributed by atoms with E-state index in [1.54, 1.807) is 25.5 Å². The molecule has 0 unspecified atom stereocenters. The summed E-state index contributed by atoms with van der Waals surface area (Å²) in [6.45, 7) is 2.20. The van der Waals surface area contributed by atoms with Crippen LogP contribution in [0.5, 0.6) is 0 Å². The van der Waals surface area contributed by atoms with Gasteiger partial charge in [-0.3, -0.25) is 4.99 Å². The lowest BCUT2D eigenvalue weighted by molar-refractivity contribution is 0.203. The molecule has 1 heterocycles. The van der Waals surface area contributed by atoms with Crippen molar-refractivity contribution in [2.75, 3.05) is 27.3 Å². The topological polar surface area (TPSA) is 45.7 Å². The summed E-state index contributed by atoms with van der Waals surface area (Å²) in [7, 11) is 3.44. The van der Waals surface area contributed by atoms with Crippen LogP contribution in [0.4, 0.5) is 0 Å². The van der Waals surface area contributed by atoms with E-state index in [-0.39, 0.29) is 24.0 Å². The van der Waals surface area contributed by atoms with Crippen LogP contribution < -0.4 is 10.6 Å². The third-order valence-corrected chi connectivity index (χ3v) is 3.46. The van der Waals surface area contributed by atoms with Gasteiger partial charge < -0.3 is 15.4 Å². The fourth-order valence-electron chi connectivity index (χ4n) is 1.12. The highest BCUT2D eigenvalue weighted by molar-refractivity contribution is 14.0. The zero-order valence-corrected chi connectivity index (χ0v) is 14.6. The lowest BCUT2D eigenvalue weighted by Gasteiger charge is -2.10. The molecule has 2 N–H and O–H groups in total. The van der Waals surface area contributed by atoms with Crippen LogP contribution in [0, 0.1) is 0 Å². The third kappa shape index (κ3) is 7.22. The Kier molecular flexibility index (Phi) is 10.2. The zero-order chi connectivity index (χ0) is 11.8. The van der Waals surface area contributed by atoms with Crippen LogP contribution in [0.15, 0.2) is 20.2 Å². The van der Waals surface area contributed by atoms with E-state index in [0.29, 0.717) is 6.61 Å². The van der Waals surface area contributed by atoms with Gasteiger partial charge in [0.15, 0.2) is 5.96 Å². The molecule has 0 atom stereocenters. The molecule has 0 aromatic carbocycles. The minimum atomic E-state index is 0. The van der Waals surface area contributed by atoms with Crippen molar-refractivity contribution < 1.29 is 4.74 Å². The highest BCUT2D eigenvalue weighted by Gasteiger charge is 1.99. The van der Waals surface area contributed by atoms with Crippen LogP contribution in [-0.2, 0) is 11.3 Å². The average molecular weight is 434 g/mol. The number of hydrogen-bond donors (Lipinski definition) is 2. The maximum Gasteiger partial charge on any atom is 0.191 e. The summed E-state index contributed by atoms with van der Waals surface area (Å²) >= 11 is 5.12. The maximum absolute atomic E-state index is 4.95. The van der Waals surface area contributed by atoms with Gasteiger partial charge in [-0.25, -0.2) is 0 Å². The van der Waals surface area contributed by atoms with E-state index in [1.165, 1.54) is 5.56 Å². The molecule has 0 saturated heterocycles. The summed E-state index contributed by atoms with van der Waals surface area (Å²) in [4.78, 5) is 4.11. The molecule has 1 aromatic rings. The number of thiophene rings is 1. The molecule has 17 heavy (non-hydrogen) atoms. The number of nitrogens with zero attached hydrogens (tertiary/aromatic N) is 1. The Balaban J connectivity index is 0.00000256. The Morgan fingerprint density at radius 3 is 2.82 bits per heavy atom. The summed E-state index contributed by atoms with van der Waals surface area (Å²) in [5.74, 6) is 0.791. The molecule has 0 amide bonds. The maximum atomic E-state index is 4.95. The first kappa shape index (κ1) is 17.1. The molecule has 1 aromatic heterocycles. The fraction of sp³-hybridized carbons (Fsp3) is 0.500. The van der Waals surface area contributed by atoms with E-state index < -0.39 is 0 Å². The molecule has 98 valence electrons. The van der Waals surface area contributed by atoms with E-state index in [4.69, 9.17) is 4.74 Å². The van der Waals surface area contributed by atoms with Crippen molar-refractivity contribution in [2.45, 2.75) is 6.54 Å². The van der Waals surface area contributed by atoms with Crippen molar-refractivity contribution in [3.05, 3.63) is 20.8 Å². The molecular formula is C10H17BrIN3OS. The Morgan fingerprint density at radius 2 is 2.29 bits per heavy atom. The number of aliphatic imine (C=N–C) groups is 1. The number of halogens is 2. The van der Waals surface area contributed by atoms with Crippen LogP contribution in [0.25, 0.3) is 0 Å². The van der Waals surface area contributed by atoms with Crippen LogP contribution in [0.1, 0.15) is 5.56 Å². The summed E-state index contributed by atoms with van der Waals surface area (Å²) in [5, 5.41) is 8.49. The molecule has 4 nitrogen and oxygen atoms in total. The minimum Gasteiger partial charge on any atom is -0.383 e. The number of hydrogen-bond acceptors (Lipinski definition) is 3. The van der Waals surface area contributed by atoms with Gasteiger partial charge in [0, 0.05) is 27.2 Å². The quantitative estimate of drug-likeness (QED) is 0.324. The van der Waals surface area contributed by atoms with Gasteiger partial charge in [0.2, 0.25) is 0 Å². The predicted octanol–water partition coefficient (Wildman–Crippen LogP) is 2.44. The summed E-state index contributed by atoms with van der Waals surface area (Å²) < 4.78 is 6.10. The molecule has 0 fully saturated rings. The molecule has 0 aliphatic carbocycles. The minimum absolute atomic E-state index is 0. The molecule has 0 saturated carbocycles. The van der Waals surface area contributed by atoms with Gasteiger partial charge in [-0.1, -0.05) is 0 Å². The Labute approximate surface area is 131 Å². The van der Waals surface area contributed by atoms with Gasteiger partial charge in [-0.2, -0.15) is 0 Å². The predicted molar refractivity (Wildman–Crippen MR) is 87.5 cm³/mol. The van der Waals surface area contributed by atoms with Gasteiger partial charge in [0.25, 0.3) is 0 Å². The van der Waals surface area contributed by atoms with E-state index in [1.807, 2.05) is 0 Å². The van der Waals surface area contributed by atoms with Gasteiger partial charge in [-0.15, -0.1) is 35.3 Å². The Bertz CT molecular complexity index is 346. The molecule has 1 rings (SSSR count). The number of rotatable bonds is 5. The van der Waals surface area contributed by atoms with Crippen molar-refractivity contribution in [1.82, 2.24) is 10.6 Å². The lowest BCUT2D eigenvalue weighted by atomic mass is 10.3. The Morgan fingerprint density at radius 1 is 1.53 bits per heavy atom. The largest absolute Gasteiger partial charge is 0.383 e. The first-order valence-corrected chi connectivity index (χ1v) is 6.60. The van der Waals surface area contributed by atoms with E-state index in [0.717, 1.165) is 22.8 Å². The van der Waals surface area contributed by atoms with Gasteiger partial charge in [-0.05, 0) is 32.9 Å². The normalized spacial score (nSPS) is 10.9. The van der Waals surface area contributed by atoms with Crippen LogP contribution in [0.3, 0.4) is 0 Å². The number of guanidine groups is 1. The number of nitrogens with one attached hydrogen (secondary N) is 2. The van der Waals surface area contributed by atoms with Crippen LogP contribution >= 0.6 is 51.2 Å². The van der Waals surface area contributed by atoms with Crippen LogP contribution in [0.2, 0.25) is 0 Å². The third-order valence-electron chi connectivity index (χ3n) is 1.90. The number of methoxy groups -OCH3 is 1. The zero-order valence-electron chi connectivity index (χ0n) is 9.83. The van der Waals surface area contributed by atoms with Crippen molar-refractivity contribution in [3.63, 3.8) is 0 Å². The second-order valence-electron chi connectivity index (χ2n) is 3.10. The van der Waals surface area contributed by atoms with Crippen molar-refractivity contribution in [2.24, 2.45) is 4.99 Å². The second kappa shape index (κ2) is 10.1. The first-order valence-electron chi connectivity index (χ1n) is 4.92. The van der Waals surface area contributed by atoms with Crippen molar-refractivity contribution >= 4 is 57.2 Å².